The fourth-order valence-corrected chi connectivity index (χ4v) is 3.39. The van der Waals surface area contributed by atoms with Crippen molar-refractivity contribution in [2.45, 2.75) is 45.3 Å². The summed E-state index contributed by atoms with van der Waals surface area (Å²) >= 11 is 2.83. The second-order valence-corrected chi connectivity index (χ2v) is 7.15. The van der Waals surface area contributed by atoms with E-state index in [1.165, 1.54) is 0 Å². The van der Waals surface area contributed by atoms with Gasteiger partial charge >= 0.3 is 157 Å². The summed E-state index contributed by atoms with van der Waals surface area (Å²) < 4.78 is 11.5. The molecule has 1 aromatic carbocycles. The number of hydrogen-bond acceptors (Lipinski definition) is 4. The molecule has 0 radical (unpaired) electrons. The molecule has 1 N–H and O–H groups in total. The monoisotopic (exact) mass is 413 g/mol. The third kappa shape index (κ3) is 5.65. The van der Waals surface area contributed by atoms with Gasteiger partial charge in [0.1, 0.15) is 0 Å². The van der Waals surface area contributed by atoms with Gasteiger partial charge in [-0.1, -0.05) is 0 Å². The third-order valence-corrected chi connectivity index (χ3v) is 5.07. The first-order valence-electron chi connectivity index (χ1n) is 8.84. The van der Waals surface area contributed by atoms with Gasteiger partial charge in [0, 0.05) is 0 Å². The van der Waals surface area contributed by atoms with Crippen LogP contribution in [0.4, 0.5) is 0 Å². The zero-order chi connectivity index (χ0) is 18.2. The van der Waals surface area contributed by atoms with Gasteiger partial charge in [-0.3, -0.25) is 0 Å². The van der Waals surface area contributed by atoms with Crippen molar-refractivity contribution >= 4 is 26.2 Å². The summed E-state index contributed by atoms with van der Waals surface area (Å²) in [7, 11) is 0. The maximum absolute atomic E-state index is 12.9. The predicted molar refractivity (Wildman–Crippen MR) is 98.4 cm³/mol. The van der Waals surface area contributed by atoms with Gasteiger partial charge in [-0.25, -0.2) is 0 Å². The average Bonchev–Trinajstić information content (AvgIpc) is 2.98. The van der Waals surface area contributed by atoms with Gasteiger partial charge in [-0.2, -0.15) is 0 Å². The first-order chi connectivity index (χ1) is 12.0. The van der Waals surface area contributed by atoms with Crippen molar-refractivity contribution in [1.82, 2.24) is 4.90 Å². The molecule has 0 bridgehead atoms. The van der Waals surface area contributed by atoms with Crippen molar-refractivity contribution in [3.8, 4) is 0 Å². The summed E-state index contributed by atoms with van der Waals surface area (Å²) in [6, 6.07) is 9.96. The van der Waals surface area contributed by atoms with Crippen molar-refractivity contribution in [1.29, 1.82) is 0 Å². The molecule has 3 atom stereocenters. The molecule has 2 rings (SSSR count). The molecule has 0 saturated carbocycles. The molecule has 1 saturated heterocycles. The quantitative estimate of drug-likeness (QED) is 0.494. The van der Waals surface area contributed by atoms with Crippen molar-refractivity contribution < 1.29 is 19.4 Å². The second-order valence-electron chi connectivity index (χ2n) is 6.41. The summed E-state index contributed by atoms with van der Waals surface area (Å²) in [4.78, 5) is 14.5. The molecule has 1 aromatic rings. The van der Waals surface area contributed by atoms with E-state index in [0.29, 0.717) is 24.4 Å². The average molecular weight is 412 g/mol. The van der Waals surface area contributed by atoms with Gasteiger partial charge in [0.2, 0.25) is 0 Å². The topological polar surface area (TPSA) is 59.0 Å². The molecule has 1 fully saturated rings. The van der Waals surface area contributed by atoms with Gasteiger partial charge in [0.25, 0.3) is 0 Å². The van der Waals surface area contributed by atoms with Crippen LogP contribution in [0.2, 0.25) is 0 Å². The van der Waals surface area contributed by atoms with E-state index >= 15 is 0 Å². The molecule has 1 amide bonds. The van der Waals surface area contributed by atoms with Crippen LogP contribution in [0.25, 0.3) is 0 Å². The minimum absolute atomic E-state index is 0.0678. The Labute approximate surface area is 157 Å². The predicted octanol–water partition coefficient (Wildman–Crippen LogP) is 1.53. The Morgan fingerprint density at radius 3 is 2.84 bits per heavy atom. The van der Waals surface area contributed by atoms with Crippen LogP contribution in [0.15, 0.2) is 30.3 Å². The first kappa shape index (κ1) is 20.1. The number of nitrogens with zero attached hydrogens (tertiary/aromatic N) is 1. The van der Waals surface area contributed by atoms with Crippen LogP contribution in [0, 0.1) is 5.92 Å². The van der Waals surface area contributed by atoms with E-state index in [9.17, 15) is 9.90 Å². The number of unbranched alkanes of at least 4 members (excludes halogenated alkanes) is 1. The van der Waals surface area contributed by atoms with Crippen LogP contribution >= 0.6 is 0 Å². The molecular weight excluding hydrogens is 385 g/mol. The summed E-state index contributed by atoms with van der Waals surface area (Å²) in [6.45, 7) is 5.06. The fourth-order valence-electron chi connectivity index (χ4n) is 2.75. The van der Waals surface area contributed by atoms with Crippen molar-refractivity contribution in [2.75, 3.05) is 19.8 Å². The van der Waals surface area contributed by atoms with E-state index < -0.39 is 12.0 Å². The van der Waals surface area contributed by atoms with E-state index in [-0.39, 0.29) is 18.6 Å². The van der Waals surface area contributed by atoms with Gasteiger partial charge < -0.3 is 0 Å². The number of carbonyl (C=O) groups excluding carboxylic acids is 1. The second kappa shape index (κ2) is 10.1. The summed E-state index contributed by atoms with van der Waals surface area (Å²) in [5, 5.41) is 10.3. The maximum atomic E-state index is 12.9. The SMILES string of the molecule is CCCCOC[C@H](O)[C@@H](C)C(=O)N1C(=[Se])OC[C@@H]1Cc1ccccc1. The zero-order valence-corrected chi connectivity index (χ0v) is 16.6. The Morgan fingerprint density at radius 1 is 1.44 bits per heavy atom. The van der Waals surface area contributed by atoms with Crippen molar-refractivity contribution in [2.24, 2.45) is 5.92 Å². The molecule has 0 unspecified atom stereocenters. The van der Waals surface area contributed by atoms with Crippen molar-refractivity contribution in [3.63, 3.8) is 0 Å². The summed E-state index contributed by atoms with van der Waals surface area (Å²) in [5.74, 6) is -0.691. The van der Waals surface area contributed by atoms with Gasteiger partial charge in [0.05, 0.1) is 0 Å². The number of ether oxygens (including phenoxy) is 2. The molecule has 0 spiro atoms. The standard InChI is InChI=1S/C19H27NO4Se/c1-3-4-10-23-13-17(21)14(2)18(22)20-16(12-24-19(20)25)11-15-8-6-5-7-9-15/h5-9,14,16-17,21H,3-4,10-13H2,1-2H3/t14-,16+,17+/m1/s1. The van der Waals surface area contributed by atoms with E-state index in [0.717, 1.165) is 18.4 Å². The molecule has 1 heterocycles. The summed E-state index contributed by atoms with van der Waals surface area (Å²) in [6.07, 6.45) is 1.89. The number of aliphatic hydroxyl groups is 1. The van der Waals surface area contributed by atoms with Crippen LogP contribution in [0.3, 0.4) is 0 Å². The third-order valence-electron chi connectivity index (χ3n) is 4.41. The Balaban J connectivity index is 1.95. The Hall–Kier alpha value is -1.20. The molecule has 1 aliphatic heterocycles. The van der Waals surface area contributed by atoms with E-state index in [4.69, 9.17) is 9.47 Å². The van der Waals surface area contributed by atoms with Crippen LogP contribution < -0.4 is 0 Å². The number of amides is 1. The van der Waals surface area contributed by atoms with E-state index in [2.05, 4.69) is 22.5 Å². The van der Waals surface area contributed by atoms with Crippen LogP contribution in [0.1, 0.15) is 32.3 Å². The van der Waals surface area contributed by atoms with Crippen LogP contribution in [0.5, 0.6) is 0 Å². The van der Waals surface area contributed by atoms with E-state index in [1.807, 2.05) is 30.3 Å². The van der Waals surface area contributed by atoms with Crippen molar-refractivity contribution in [3.05, 3.63) is 35.9 Å². The molecule has 25 heavy (non-hydrogen) atoms. The molecule has 0 aromatic heterocycles. The molecular formula is C19H27NO4Se. The van der Waals surface area contributed by atoms with Crippen LogP contribution in [-0.2, 0) is 20.7 Å². The summed E-state index contributed by atoms with van der Waals surface area (Å²) in [5.41, 5.74) is 1.15. The van der Waals surface area contributed by atoms with Gasteiger partial charge in [-0.05, 0) is 0 Å². The van der Waals surface area contributed by atoms with E-state index in [1.54, 1.807) is 11.8 Å². The number of carbonyl (C=O) groups is 1. The Bertz CT molecular complexity index is 566. The number of benzene rings is 1. The normalized spacial score (nSPS) is 19.6. The number of hydrogen-bond donors (Lipinski definition) is 1. The molecule has 6 heteroatoms. The molecule has 1 aliphatic rings. The number of aliphatic hydroxyl groups excluding tert-OH is 1. The number of rotatable bonds is 9. The van der Waals surface area contributed by atoms with Gasteiger partial charge in [0.15, 0.2) is 0 Å². The van der Waals surface area contributed by atoms with Gasteiger partial charge in [-0.15, -0.1) is 0 Å². The van der Waals surface area contributed by atoms with Crippen LogP contribution in [-0.4, -0.2) is 68.2 Å². The zero-order valence-electron chi connectivity index (χ0n) is 14.9. The molecule has 5 nitrogen and oxygen atoms in total. The molecule has 138 valence electrons. The Kier molecular flexibility index (Phi) is 8.10. The fraction of sp³-hybridized carbons (Fsp3) is 0.579. The minimum atomic E-state index is -0.824. The first-order valence-corrected chi connectivity index (χ1v) is 9.69. The Morgan fingerprint density at radius 2 is 2.16 bits per heavy atom. The molecule has 0 aliphatic carbocycles.